The Morgan fingerprint density at radius 2 is 2.31 bits per heavy atom. The molecule has 0 aliphatic carbocycles. The maximum atomic E-state index is 11.6. The number of carbonyl (C=O) groups excluding carboxylic acids is 1. The van der Waals surface area contributed by atoms with Crippen LogP contribution in [0.3, 0.4) is 0 Å². The van der Waals surface area contributed by atoms with Crippen molar-refractivity contribution >= 4 is 21.7 Å². The Morgan fingerprint density at radius 1 is 1.54 bits per heavy atom. The van der Waals surface area contributed by atoms with Gasteiger partial charge in [-0.3, -0.25) is 4.79 Å². The summed E-state index contributed by atoms with van der Waals surface area (Å²) in [6.07, 6.45) is 0.463. The first kappa shape index (κ1) is 8.75. The predicted octanol–water partition coefficient (Wildman–Crippen LogP) is 2.80. The number of hydrogen-bond donors (Lipinski definition) is 0. The van der Waals surface area contributed by atoms with Crippen LogP contribution in [0, 0.1) is 0 Å². The van der Waals surface area contributed by atoms with Crippen LogP contribution < -0.4 is 4.74 Å². The van der Waals surface area contributed by atoms with Crippen LogP contribution in [0.5, 0.6) is 5.75 Å². The second-order valence-electron chi connectivity index (χ2n) is 3.17. The summed E-state index contributed by atoms with van der Waals surface area (Å²) >= 11 is 3.34. The monoisotopic (exact) mass is 240 g/mol. The molecule has 1 heterocycles. The SMILES string of the molecule is CC1CC(=O)c2c(Br)cccc2O1. The minimum atomic E-state index is -0.00528. The second-order valence-corrected chi connectivity index (χ2v) is 4.02. The molecule has 1 aromatic carbocycles. The average molecular weight is 241 g/mol. The highest BCUT2D eigenvalue weighted by molar-refractivity contribution is 9.10. The predicted molar refractivity (Wildman–Crippen MR) is 53.2 cm³/mol. The van der Waals surface area contributed by atoms with Gasteiger partial charge in [0.25, 0.3) is 0 Å². The molecule has 0 saturated heterocycles. The standard InChI is InChI=1S/C10H9BrO2/c1-6-5-8(12)10-7(11)3-2-4-9(10)13-6/h2-4,6H,5H2,1H3. The van der Waals surface area contributed by atoms with Crippen molar-refractivity contribution in [2.75, 3.05) is 0 Å². The summed E-state index contributed by atoms with van der Waals surface area (Å²) in [5.41, 5.74) is 0.681. The Bertz CT molecular complexity index is 360. The van der Waals surface area contributed by atoms with Crippen molar-refractivity contribution in [3.05, 3.63) is 28.2 Å². The van der Waals surface area contributed by atoms with E-state index in [-0.39, 0.29) is 11.9 Å². The lowest BCUT2D eigenvalue weighted by Gasteiger charge is -2.22. The van der Waals surface area contributed by atoms with E-state index in [4.69, 9.17) is 4.74 Å². The van der Waals surface area contributed by atoms with Crippen LogP contribution in [0.2, 0.25) is 0 Å². The summed E-state index contributed by atoms with van der Waals surface area (Å²) in [6.45, 7) is 1.90. The maximum absolute atomic E-state index is 11.6. The largest absolute Gasteiger partial charge is 0.489 e. The first-order chi connectivity index (χ1) is 6.18. The zero-order valence-electron chi connectivity index (χ0n) is 7.21. The first-order valence-corrected chi connectivity index (χ1v) is 4.96. The summed E-state index contributed by atoms with van der Waals surface area (Å²) in [4.78, 5) is 11.6. The van der Waals surface area contributed by atoms with Gasteiger partial charge >= 0.3 is 0 Å². The molecule has 0 amide bonds. The van der Waals surface area contributed by atoms with Gasteiger partial charge in [0.1, 0.15) is 11.9 Å². The van der Waals surface area contributed by atoms with Gasteiger partial charge in [-0.25, -0.2) is 0 Å². The van der Waals surface area contributed by atoms with Crippen molar-refractivity contribution in [1.82, 2.24) is 0 Å². The topological polar surface area (TPSA) is 26.3 Å². The van der Waals surface area contributed by atoms with Crippen LogP contribution in [-0.4, -0.2) is 11.9 Å². The fraction of sp³-hybridized carbons (Fsp3) is 0.300. The summed E-state index contributed by atoms with van der Waals surface area (Å²) in [5.74, 6) is 0.847. The molecule has 3 heteroatoms. The van der Waals surface area contributed by atoms with E-state index in [0.29, 0.717) is 17.7 Å². The molecule has 13 heavy (non-hydrogen) atoms. The molecule has 0 N–H and O–H groups in total. The molecule has 0 radical (unpaired) electrons. The Morgan fingerprint density at radius 3 is 3.08 bits per heavy atom. The average Bonchev–Trinajstić information content (AvgIpc) is 2.02. The van der Waals surface area contributed by atoms with Gasteiger partial charge in [-0.15, -0.1) is 0 Å². The fourth-order valence-electron chi connectivity index (χ4n) is 1.49. The van der Waals surface area contributed by atoms with Gasteiger partial charge in [-0.2, -0.15) is 0 Å². The number of benzene rings is 1. The molecule has 0 bridgehead atoms. The third-order valence-electron chi connectivity index (χ3n) is 2.06. The van der Waals surface area contributed by atoms with Crippen molar-refractivity contribution in [3.8, 4) is 5.75 Å². The van der Waals surface area contributed by atoms with Crippen molar-refractivity contribution in [1.29, 1.82) is 0 Å². The fourth-order valence-corrected chi connectivity index (χ4v) is 2.06. The van der Waals surface area contributed by atoms with Gasteiger partial charge in [0, 0.05) is 10.9 Å². The Balaban J connectivity index is 2.55. The third kappa shape index (κ3) is 1.48. The Hall–Kier alpha value is -0.830. The molecule has 0 saturated carbocycles. The lowest BCUT2D eigenvalue weighted by Crippen LogP contribution is -2.24. The van der Waals surface area contributed by atoms with Gasteiger partial charge < -0.3 is 4.74 Å². The number of ketones is 1. The van der Waals surface area contributed by atoms with Gasteiger partial charge in [0.2, 0.25) is 0 Å². The van der Waals surface area contributed by atoms with Crippen molar-refractivity contribution in [3.63, 3.8) is 0 Å². The number of rotatable bonds is 0. The van der Waals surface area contributed by atoms with E-state index in [1.165, 1.54) is 0 Å². The number of hydrogen-bond acceptors (Lipinski definition) is 2. The maximum Gasteiger partial charge on any atom is 0.171 e. The number of ether oxygens (including phenoxy) is 1. The van der Waals surface area contributed by atoms with E-state index >= 15 is 0 Å². The normalized spacial score (nSPS) is 20.8. The molecule has 1 aliphatic heterocycles. The summed E-state index contributed by atoms with van der Waals surface area (Å²) in [7, 11) is 0. The zero-order chi connectivity index (χ0) is 9.42. The molecule has 1 atom stereocenters. The minimum absolute atomic E-state index is 0.00528. The Kier molecular flexibility index (Phi) is 2.12. The van der Waals surface area contributed by atoms with Crippen molar-refractivity contribution < 1.29 is 9.53 Å². The molecular formula is C10H9BrO2. The van der Waals surface area contributed by atoms with Crippen LogP contribution in [0.4, 0.5) is 0 Å². The smallest absolute Gasteiger partial charge is 0.171 e. The molecule has 1 aliphatic rings. The molecule has 0 fully saturated rings. The highest BCUT2D eigenvalue weighted by Gasteiger charge is 2.25. The van der Waals surface area contributed by atoms with Gasteiger partial charge in [-0.1, -0.05) is 6.07 Å². The van der Waals surface area contributed by atoms with Crippen LogP contribution in [0.15, 0.2) is 22.7 Å². The molecule has 2 nitrogen and oxygen atoms in total. The minimum Gasteiger partial charge on any atom is -0.489 e. The van der Waals surface area contributed by atoms with Crippen LogP contribution >= 0.6 is 15.9 Å². The molecule has 0 spiro atoms. The van der Waals surface area contributed by atoms with E-state index in [0.717, 1.165) is 4.47 Å². The lowest BCUT2D eigenvalue weighted by atomic mass is 10.0. The third-order valence-corrected chi connectivity index (χ3v) is 2.72. The van der Waals surface area contributed by atoms with E-state index in [1.54, 1.807) is 0 Å². The van der Waals surface area contributed by atoms with Gasteiger partial charge in [0.05, 0.1) is 5.56 Å². The van der Waals surface area contributed by atoms with Crippen molar-refractivity contribution in [2.45, 2.75) is 19.4 Å². The van der Waals surface area contributed by atoms with Gasteiger partial charge in [-0.05, 0) is 35.0 Å². The summed E-state index contributed by atoms with van der Waals surface area (Å²) < 4.78 is 6.35. The highest BCUT2D eigenvalue weighted by atomic mass is 79.9. The zero-order valence-corrected chi connectivity index (χ0v) is 8.80. The molecule has 1 aromatic rings. The highest BCUT2D eigenvalue weighted by Crippen LogP contribution is 2.32. The number of Topliss-reactive ketones (excluding diaryl/α,β-unsaturated/α-hetero) is 1. The second kappa shape index (κ2) is 3.14. The Labute approximate surface area is 85.0 Å². The van der Waals surface area contributed by atoms with Crippen LogP contribution in [0.1, 0.15) is 23.7 Å². The number of halogens is 1. The molecular weight excluding hydrogens is 232 g/mol. The molecule has 1 unspecified atom stereocenters. The number of carbonyl (C=O) groups is 1. The van der Waals surface area contributed by atoms with E-state index in [9.17, 15) is 4.79 Å². The van der Waals surface area contributed by atoms with E-state index in [2.05, 4.69) is 15.9 Å². The van der Waals surface area contributed by atoms with Crippen LogP contribution in [-0.2, 0) is 0 Å². The number of fused-ring (bicyclic) bond motifs is 1. The lowest BCUT2D eigenvalue weighted by molar-refractivity contribution is 0.0870. The van der Waals surface area contributed by atoms with E-state index in [1.807, 2.05) is 25.1 Å². The summed E-state index contributed by atoms with van der Waals surface area (Å²) in [5, 5.41) is 0. The van der Waals surface area contributed by atoms with Crippen LogP contribution in [0.25, 0.3) is 0 Å². The quantitative estimate of drug-likeness (QED) is 0.698. The van der Waals surface area contributed by atoms with E-state index < -0.39 is 0 Å². The molecule has 2 rings (SSSR count). The molecule has 68 valence electrons. The van der Waals surface area contributed by atoms with Crippen molar-refractivity contribution in [2.24, 2.45) is 0 Å². The molecule has 0 aromatic heterocycles. The summed E-state index contributed by atoms with van der Waals surface area (Å²) in [6, 6.07) is 5.55. The first-order valence-electron chi connectivity index (χ1n) is 4.17. The van der Waals surface area contributed by atoms with Gasteiger partial charge in [0.15, 0.2) is 5.78 Å².